The van der Waals surface area contributed by atoms with Crippen molar-refractivity contribution in [1.29, 1.82) is 0 Å². The number of thioether (sulfide) groups is 1. The van der Waals surface area contributed by atoms with E-state index in [0.717, 1.165) is 30.4 Å². The van der Waals surface area contributed by atoms with Crippen LogP contribution in [0.3, 0.4) is 0 Å². The van der Waals surface area contributed by atoms with Crippen LogP contribution in [-0.2, 0) is 6.54 Å². The van der Waals surface area contributed by atoms with Crippen LogP contribution in [0, 0.1) is 0 Å². The monoisotopic (exact) mass is 254 g/mol. The van der Waals surface area contributed by atoms with Crippen molar-refractivity contribution in [2.24, 2.45) is 0 Å². The molecular formula is C12H22N4S. The van der Waals surface area contributed by atoms with Gasteiger partial charge in [0.15, 0.2) is 5.82 Å². The Bertz CT molecular complexity index is 315. The largest absolute Gasteiger partial charge is 0.355 e. The van der Waals surface area contributed by atoms with Crippen molar-refractivity contribution in [3.63, 3.8) is 0 Å². The Morgan fingerprint density at radius 3 is 2.71 bits per heavy atom. The molecule has 0 saturated heterocycles. The summed E-state index contributed by atoms with van der Waals surface area (Å²) >= 11 is 1.85. The zero-order chi connectivity index (χ0) is 12.7. The molecule has 1 rings (SSSR count). The van der Waals surface area contributed by atoms with Gasteiger partial charge in [0.25, 0.3) is 0 Å². The molecule has 0 bridgehead atoms. The molecule has 0 saturated carbocycles. The predicted octanol–water partition coefficient (Wildman–Crippen LogP) is 1.77. The van der Waals surface area contributed by atoms with E-state index in [0.29, 0.717) is 6.04 Å². The van der Waals surface area contributed by atoms with Crippen LogP contribution in [-0.4, -0.2) is 41.8 Å². The van der Waals surface area contributed by atoms with Crippen LogP contribution in [0.4, 0.5) is 5.82 Å². The quantitative estimate of drug-likeness (QED) is 0.803. The summed E-state index contributed by atoms with van der Waals surface area (Å²) in [4.78, 5) is 2.17. The summed E-state index contributed by atoms with van der Waals surface area (Å²) in [5.74, 6) is 2.03. The van der Waals surface area contributed by atoms with E-state index in [2.05, 4.69) is 47.6 Å². The van der Waals surface area contributed by atoms with Crippen LogP contribution in [0.25, 0.3) is 0 Å². The lowest BCUT2D eigenvalue weighted by molar-refractivity contribution is 0.690. The summed E-state index contributed by atoms with van der Waals surface area (Å²) in [5.41, 5.74) is 0.988. The Kier molecular flexibility index (Phi) is 6.29. The molecule has 1 N–H and O–H groups in total. The van der Waals surface area contributed by atoms with Gasteiger partial charge in [0.2, 0.25) is 0 Å². The lowest BCUT2D eigenvalue weighted by Crippen LogP contribution is -2.31. The second-order valence-corrected chi connectivity index (χ2v) is 4.99. The van der Waals surface area contributed by atoms with E-state index in [1.165, 1.54) is 0 Å². The minimum absolute atomic E-state index is 0.471. The molecule has 0 amide bonds. The van der Waals surface area contributed by atoms with Gasteiger partial charge in [0, 0.05) is 25.4 Å². The zero-order valence-electron chi connectivity index (χ0n) is 11.1. The molecule has 4 nitrogen and oxygen atoms in total. The average Bonchev–Trinajstić information content (AvgIpc) is 2.36. The predicted molar refractivity (Wildman–Crippen MR) is 75.7 cm³/mol. The summed E-state index contributed by atoms with van der Waals surface area (Å²) in [6.07, 6.45) is 2.12. The molecule has 0 aliphatic rings. The van der Waals surface area contributed by atoms with Crippen molar-refractivity contribution in [3.8, 4) is 0 Å². The molecular weight excluding hydrogens is 232 g/mol. The molecule has 96 valence electrons. The maximum absolute atomic E-state index is 4.26. The van der Waals surface area contributed by atoms with Crippen molar-refractivity contribution in [3.05, 3.63) is 17.8 Å². The molecule has 0 aliphatic heterocycles. The van der Waals surface area contributed by atoms with Gasteiger partial charge in [-0.2, -0.15) is 16.9 Å². The zero-order valence-corrected chi connectivity index (χ0v) is 11.9. The van der Waals surface area contributed by atoms with Gasteiger partial charge in [-0.05, 0) is 31.9 Å². The van der Waals surface area contributed by atoms with E-state index in [9.17, 15) is 0 Å². The normalized spacial score (nSPS) is 12.5. The number of rotatable bonds is 7. The van der Waals surface area contributed by atoms with E-state index in [4.69, 9.17) is 0 Å². The Balaban J connectivity index is 2.60. The van der Waals surface area contributed by atoms with Gasteiger partial charge in [-0.15, -0.1) is 5.10 Å². The molecule has 0 fully saturated rings. The Labute approximate surface area is 108 Å². The summed E-state index contributed by atoms with van der Waals surface area (Å²) in [6, 6.07) is 4.54. The minimum Gasteiger partial charge on any atom is -0.355 e. The van der Waals surface area contributed by atoms with E-state index in [-0.39, 0.29) is 0 Å². The first-order valence-corrected chi connectivity index (χ1v) is 7.33. The molecule has 17 heavy (non-hydrogen) atoms. The Morgan fingerprint density at radius 1 is 1.41 bits per heavy atom. The molecule has 1 aromatic rings. The van der Waals surface area contributed by atoms with Gasteiger partial charge >= 0.3 is 0 Å². The van der Waals surface area contributed by atoms with Gasteiger partial charge in [-0.1, -0.05) is 6.92 Å². The standard InChI is InChI=1S/C12H22N4S/c1-5-13-8-11-6-7-12(15-14-11)16(3)10(2)9-17-4/h6-7,10,13H,5,8-9H2,1-4H3. The third-order valence-corrected chi connectivity index (χ3v) is 3.51. The first-order valence-electron chi connectivity index (χ1n) is 5.94. The fourth-order valence-corrected chi connectivity index (χ4v) is 2.17. The van der Waals surface area contributed by atoms with Crippen LogP contribution in [0.5, 0.6) is 0 Å². The summed E-state index contributed by atoms with van der Waals surface area (Å²) in [6.45, 7) is 6.02. The van der Waals surface area contributed by atoms with Crippen molar-refractivity contribution in [1.82, 2.24) is 15.5 Å². The van der Waals surface area contributed by atoms with Crippen molar-refractivity contribution < 1.29 is 0 Å². The fraction of sp³-hybridized carbons (Fsp3) is 0.667. The lowest BCUT2D eigenvalue weighted by Gasteiger charge is -2.24. The summed E-state index contributed by atoms with van der Waals surface area (Å²) in [5, 5.41) is 11.7. The highest BCUT2D eigenvalue weighted by atomic mass is 32.2. The number of hydrogen-bond acceptors (Lipinski definition) is 5. The fourth-order valence-electron chi connectivity index (χ4n) is 1.47. The van der Waals surface area contributed by atoms with Gasteiger partial charge in [0.05, 0.1) is 5.69 Å². The number of aromatic nitrogens is 2. The number of anilines is 1. The molecule has 1 aromatic heterocycles. The van der Waals surface area contributed by atoms with Crippen LogP contribution in [0.2, 0.25) is 0 Å². The molecule has 5 heteroatoms. The van der Waals surface area contributed by atoms with Gasteiger partial charge in [-0.25, -0.2) is 0 Å². The molecule has 0 radical (unpaired) electrons. The maximum Gasteiger partial charge on any atom is 0.151 e. The van der Waals surface area contributed by atoms with Gasteiger partial charge in [0.1, 0.15) is 0 Å². The lowest BCUT2D eigenvalue weighted by atomic mass is 10.3. The smallest absolute Gasteiger partial charge is 0.151 e. The maximum atomic E-state index is 4.26. The second kappa shape index (κ2) is 7.50. The molecule has 1 atom stereocenters. The van der Waals surface area contributed by atoms with Crippen molar-refractivity contribution in [2.45, 2.75) is 26.4 Å². The topological polar surface area (TPSA) is 41.0 Å². The third kappa shape index (κ3) is 4.52. The SMILES string of the molecule is CCNCc1ccc(N(C)C(C)CSC)nn1. The second-order valence-electron chi connectivity index (χ2n) is 4.08. The number of hydrogen-bond donors (Lipinski definition) is 1. The van der Waals surface area contributed by atoms with Crippen molar-refractivity contribution >= 4 is 17.6 Å². The van der Waals surface area contributed by atoms with Crippen LogP contribution in [0.1, 0.15) is 19.5 Å². The molecule has 1 unspecified atom stereocenters. The first-order chi connectivity index (χ1) is 8.19. The third-order valence-electron chi connectivity index (χ3n) is 2.69. The van der Waals surface area contributed by atoms with Crippen molar-refractivity contribution in [2.75, 3.05) is 30.5 Å². The summed E-state index contributed by atoms with van der Waals surface area (Å²) in [7, 11) is 2.06. The highest BCUT2D eigenvalue weighted by Crippen LogP contribution is 2.13. The Morgan fingerprint density at radius 2 is 2.18 bits per heavy atom. The highest BCUT2D eigenvalue weighted by Gasteiger charge is 2.10. The Hall–Kier alpha value is -0.810. The van der Waals surface area contributed by atoms with E-state index in [1.807, 2.05) is 23.9 Å². The number of nitrogens with one attached hydrogen (secondary N) is 1. The molecule has 1 heterocycles. The number of nitrogens with zero attached hydrogens (tertiary/aromatic N) is 3. The van der Waals surface area contributed by atoms with Gasteiger partial charge in [-0.3, -0.25) is 0 Å². The average molecular weight is 254 g/mol. The molecule has 0 spiro atoms. The van der Waals surface area contributed by atoms with E-state index < -0.39 is 0 Å². The van der Waals surface area contributed by atoms with Crippen LogP contribution in [0.15, 0.2) is 12.1 Å². The van der Waals surface area contributed by atoms with Crippen LogP contribution < -0.4 is 10.2 Å². The summed E-state index contributed by atoms with van der Waals surface area (Å²) < 4.78 is 0. The van der Waals surface area contributed by atoms with E-state index in [1.54, 1.807) is 0 Å². The van der Waals surface area contributed by atoms with Crippen LogP contribution >= 0.6 is 11.8 Å². The van der Waals surface area contributed by atoms with E-state index >= 15 is 0 Å². The van der Waals surface area contributed by atoms with Gasteiger partial charge < -0.3 is 10.2 Å². The molecule has 0 aliphatic carbocycles. The minimum atomic E-state index is 0.471. The highest BCUT2D eigenvalue weighted by molar-refractivity contribution is 7.98. The molecule has 0 aromatic carbocycles. The first kappa shape index (κ1) is 14.3.